The first kappa shape index (κ1) is 16.6. The molecule has 22 heavy (non-hydrogen) atoms. The van der Waals surface area contributed by atoms with Crippen LogP contribution in [-0.4, -0.2) is 33.2 Å². The quantitative estimate of drug-likeness (QED) is 0.763. The van der Waals surface area contributed by atoms with Crippen molar-refractivity contribution in [2.24, 2.45) is 0 Å². The van der Waals surface area contributed by atoms with Gasteiger partial charge in [-0.25, -0.2) is 15.0 Å². The molecule has 2 aromatic rings. The van der Waals surface area contributed by atoms with Gasteiger partial charge in [-0.2, -0.15) is 0 Å². The van der Waals surface area contributed by atoms with E-state index in [4.69, 9.17) is 9.84 Å². The van der Waals surface area contributed by atoms with Gasteiger partial charge in [0.15, 0.2) is 11.6 Å². The van der Waals surface area contributed by atoms with Gasteiger partial charge in [-0.05, 0) is 28.8 Å². The first-order valence-electron chi connectivity index (χ1n) is 7.03. The molecule has 0 saturated heterocycles. The zero-order valence-corrected chi connectivity index (χ0v) is 14.4. The van der Waals surface area contributed by atoms with Gasteiger partial charge < -0.3 is 15.2 Å². The molecule has 0 radical (unpaired) electrons. The Morgan fingerprint density at radius 1 is 1.27 bits per heavy atom. The van der Waals surface area contributed by atoms with E-state index in [1.807, 2.05) is 6.07 Å². The monoisotopic (exact) mass is 366 g/mol. The van der Waals surface area contributed by atoms with E-state index in [9.17, 15) is 0 Å². The van der Waals surface area contributed by atoms with E-state index in [1.54, 1.807) is 19.3 Å². The van der Waals surface area contributed by atoms with Gasteiger partial charge in [0.05, 0.1) is 12.8 Å². The van der Waals surface area contributed by atoms with E-state index in [-0.39, 0.29) is 12.5 Å². The molecule has 0 atom stereocenters. The molecule has 0 unspecified atom stereocenters. The first-order chi connectivity index (χ1) is 10.5. The van der Waals surface area contributed by atoms with E-state index in [1.165, 1.54) is 0 Å². The highest BCUT2D eigenvalue weighted by atomic mass is 79.9. The Kier molecular flexibility index (Phi) is 5.68. The van der Waals surface area contributed by atoms with Gasteiger partial charge in [0.25, 0.3) is 0 Å². The molecule has 2 rings (SSSR count). The van der Waals surface area contributed by atoms with Crippen molar-refractivity contribution in [3.8, 4) is 11.5 Å². The fourth-order valence-corrected chi connectivity index (χ4v) is 2.21. The minimum atomic E-state index is 0.0144. The van der Waals surface area contributed by atoms with Crippen molar-refractivity contribution < 1.29 is 9.84 Å². The number of aliphatic hydroxyl groups excluding tert-OH is 1. The molecular formula is C15H19BrN4O2. The summed E-state index contributed by atoms with van der Waals surface area (Å²) >= 11 is 3.36. The van der Waals surface area contributed by atoms with Gasteiger partial charge in [-0.3, -0.25) is 0 Å². The Bertz CT molecular complexity index is 649. The van der Waals surface area contributed by atoms with Crippen LogP contribution >= 0.6 is 15.9 Å². The second-order valence-electron chi connectivity index (χ2n) is 5.08. The second kappa shape index (κ2) is 7.51. The fourth-order valence-electron chi connectivity index (χ4n) is 1.90. The van der Waals surface area contributed by atoms with Crippen molar-refractivity contribution in [3.05, 3.63) is 34.5 Å². The minimum Gasteiger partial charge on any atom is -0.451 e. The molecule has 0 bridgehead atoms. The van der Waals surface area contributed by atoms with Crippen molar-refractivity contribution in [2.75, 3.05) is 18.5 Å². The van der Waals surface area contributed by atoms with Gasteiger partial charge in [0.2, 0.25) is 0 Å². The summed E-state index contributed by atoms with van der Waals surface area (Å²) in [7, 11) is 0. The maximum absolute atomic E-state index is 8.97. The third kappa shape index (κ3) is 4.14. The molecule has 0 amide bonds. The molecule has 0 aliphatic heterocycles. The summed E-state index contributed by atoms with van der Waals surface area (Å²) in [4.78, 5) is 12.7. The largest absolute Gasteiger partial charge is 0.451 e. The fraction of sp³-hybridized carbons (Fsp3) is 0.400. The Morgan fingerprint density at radius 3 is 2.73 bits per heavy atom. The summed E-state index contributed by atoms with van der Waals surface area (Å²) in [6, 6.07) is 1.82. The van der Waals surface area contributed by atoms with Crippen LogP contribution in [0.1, 0.15) is 31.2 Å². The number of pyridine rings is 1. The molecule has 7 heteroatoms. The standard InChI is InChI=1S/C15H19BrN4O2/c1-9(2)11-7-19-14(16)6-12(11)22-13-8-18-10(3)20-15(13)17-4-5-21/h6-9,21H,4-5H2,1-3H3,(H,17,18,20). The summed E-state index contributed by atoms with van der Waals surface area (Å²) in [6.45, 7) is 6.36. The number of aryl methyl sites for hydroxylation is 1. The molecule has 2 aromatic heterocycles. The number of ether oxygens (including phenoxy) is 1. The molecule has 0 aliphatic carbocycles. The van der Waals surface area contributed by atoms with Crippen LogP contribution in [0.5, 0.6) is 11.5 Å². The molecule has 2 N–H and O–H groups in total. The highest BCUT2D eigenvalue weighted by Crippen LogP contribution is 2.34. The van der Waals surface area contributed by atoms with Crippen LogP contribution in [0.3, 0.4) is 0 Å². The van der Waals surface area contributed by atoms with E-state index in [0.717, 1.165) is 5.56 Å². The summed E-state index contributed by atoms with van der Waals surface area (Å²) in [5.41, 5.74) is 0.997. The lowest BCUT2D eigenvalue weighted by Crippen LogP contribution is -2.09. The van der Waals surface area contributed by atoms with E-state index < -0.39 is 0 Å². The molecule has 0 spiro atoms. The number of hydrogen-bond acceptors (Lipinski definition) is 6. The normalized spacial score (nSPS) is 10.8. The van der Waals surface area contributed by atoms with Crippen molar-refractivity contribution in [3.63, 3.8) is 0 Å². The number of rotatable bonds is 6. The molecule has 2 heterocycles. The first-order valence-corrected chi connectivity index (χ1v) is 7.82. The van der Waals surface area contributed by atoms with Crippen molar-refractivity contribution in [1.29, 1.82) is 0 Å². The average Bonchev–Trinajstić information content (AvgIpc) is 2.47. The van der Waals surface area contributed by atoms with E-state index in [0.29, 0.717) is 34.3 Å². The lowest BCUT2D eigenvalue weighted by molar-refractivity contribution is 0.310. The Morgan fingerprint density at radius 2 is 2.05 bits per heavy atom. The molecule has 0 saturated carbocycles. The van der Waals surface area contributed by atoms with Gasteiger partial charge in [-0.1, -0.05) is 13.8 Å². The zero-order valence-electron chi connectivity index (χ0n) is 12.8. The third-order valence-corrected chi connectivity index (χ3v) is 3.42. The maximum atomic E-state index is 8.97. The van der Waals surface area contributed by atoms with E-state index in [2.05, 4.69) is 50.0 Å². The number of nitrogens with one attached hydrogen (secondary N) is 1. The third-order valence-electron chi connectivity index (χ3n) is 2.98. The summed E-state index contributed by atoms with van der Waals surface area (Å²) < 4.78 is 6.69. The van der Waals surface area contributed by atoms with Gasteiger partial charge in [0, 0.05) is 24.4 Å². The van der Waals surface area contributed by atoms with Gasteiger partial charge in [-0.15, -0.1) is 0 Å². The predicted molar refractivity (Wildman–Crippen MR) is 88.4 cm³/mol. The van der Waals surface area contributed by atoms with Crippen LogP contribution < -0.4 is 10.1 Å². The summed E-state index contributed by atoms with van der Waals surface area (Å²) in [5, 5.41) is 12.0. The van der Waals surface area contributed by atoms with Crippen LogP contribution in [0.4, 0.5) is 5.82 Å². The maximum Gasteiger partial charge on any atom is 0.187 e. The predicted octanol–water partition coefficient (Wildman–Crippen LogP) is 3.26. The SMILES string of the molecule is Cc1ncc(Oc2cc(Br)ncc2C(C)C)c(NCCO)n1. The van der Waals surface area contributed by atoms with Crippen LogP contribution in [0.2, 0.25) is 0 Å². The molecule has 6 nitrogen and oxygen atoms in total. The number of nitrogens with zero attached hydrogens (tertiary/aromatic N) is 3. The molecule has 0 fully saturated rings. The number of halogens is 1. The molecule has 118 valence electrons. The summed E-state index contributed by atoms with van der Waals surface area (Å²) in [6.07, 6.45) is 3.42. The van der Waals surface area contributed by atoms with Crippen LogP contribution in [0.15, 0.2) is 23.1 Å². The van der Waals surface area contributed by atoms with Gasteiger partial charge in [0.1, 0.15) is 16.2 Å². The number of aromatic nitrogens is 3. The Labute approximate surface area is 138 Å². The average molecular weight is 367 g/mol. The molecular weight excluding hydrogens is 348 g/mol. The van der Waals surface area contributed by atoms with Crippen molar-refractivity contribution in [1.82, 2.24) is 15.0 Å². The van der Waals surface area contributed by atoms with E-state index >= 15 is 0 Å². The zero-order chi connectivity index (χ0) is 16.1. The lowest BCUT2D eigenvalue weighted by Gasteiger charge is -2.16. The lowest BCUT2D eigenvalue weighted by atomic mass is 10.1. The molecule has 0 aromatic carbocycles. The Balaban J connectivity index is 2.36. The smallest absolute Gasteiger partial charge is 0.187 e. The summed E-state index contributed by atoms with van der Waals surface area (Å²) in [5.74, 6) is 2.68. The highest BCUT2D eigenvalue weighted by molar-refractivity contribution is 9.10. The molecule has 0 aliphatic rings. The van der Waals surface area contributed by atoms with Crippen LogP contribution in [0, 0.1) is 6.92 Å². The number of aliphatic hydroxyl groups is 1. The van der Waals surface area contributed by atoms with Crippen LogP contribution in [0.25, 0.3) is 0 Å². The topological polar surface area (TPSA) is 80.2 Å². The van der Waals surface area contributed by atoms with Gasteiger partial charge >= 0.3 is 0 Å². The van der Waals surface area contributed by atoms with Crippen LogP contribution in [-0.2, 0) is 0 Å². The van der Waals surface area contributed by atoms with Crippen molar-refractivity contribution in [2.45, 2.75) is 26.7 Å². The van der Waals surface area contributed by atoms with Crippen molar-refractivity contribution >= 4 is 21.7 Å². The highest BCUT2D eigenvalue weighted by Gasteiger charge is 2.14. The number of anilines is 1. The minimum absolute atomic E-state index is 0.0144. The Hall–Kier alpha value is -1.73. The number of hydrogen-bond donors (Lipinski definition) is 2. The second-order valence-corrected chi connectivity index (χ2v) is 5.89.